The Bertz CT molecular complexity index is 909. The highest BCUT2D eigenvalue weighted by Crippen LogP contribution is 2.50. The van der Waals surface area contributed by atoms with Gasteiger partial charge in [-0.05, 0) is 43.4 Å². The molecule has 4 rings (SSSR count). The SMILES string of the molecule is C=CCOc1c(Cl)cc(C2C3=C(CCCC3=O)N(C)C3=C2C(=O)CCC3)cc1Cl. The van der Waals surface area contributed by atoms with Gasteiger partial charge in [0.1, 0.15) is 6.61 Å². The van der Waals surface area contributed by atoms with Gasteiger partial charge in [0.05, 0.1) is 10.0 Å². The first-order chi connectivity index (χ1) is 13.9. The predicted molar refractivity (Wildman–Crippen MR) is 114 cm³/mol. The van der Waals surface area contributed by atoms with Crippen molar-refractivity contribution in [1.29, 1.82) is 0 Å². The molecule has 0 fully saturated rings. The molecule has 0 unspecified atom stereocenters. The van der Waals surface area contributed by atoms with Crippen LogP contribution in [-0.4, -0.2) is 30.1 Å². The van der Waals surface area contributed by atoms with E-state index in [-0.39, 0.29) is 18.2 Å². The molecule has 0 aromatic heterocycles. The first-order valence-corrected chi connectivity index (χ1v) is 10.7. The molecule has 1 aliphatic heterocycles. The summed E-state index contributed by atoms with van der Waals surface area (Å²) in [6.45, 7) is 3.92. The largest absolute Gasteiger partial charge is 0.486 e. The molecule has 0 saturated heterocycles. The molecule has 0 atom stereocenters. The lowest BCUT2D eigenvalue weighted by molar-refractivity contribution is -0.117. The molecule has 0 saturated carbocycles. The Hall–Kier alpha value is -2.04. The first-order valence-electron chi connectivity index (χ1n) is 9.92. The van der Waals surface area contributed by atoms with Crippen LogP contribution >= 0.6 is 23.2 Å². The molecule has 6 heteroatoms. The molecule has 1 aromatic carbocycles. The monoisotopic (exact) mass is 431 g/mol. The fourth-order valence-corrected chi connectivity index (χ4v) is 5.33. The molecule has 2 aliphatic carbocycles. The van der Waals surface area contributed by atoms with Crippen molar-refractivity contribution >= 4 is 34.8 Å². The zero-order chi connectivity index (χ0) is 20.7. The van der Waals surface area contributed by atoms with Gasteiger partial charge >= 0.3 is 0 Å². The number of allylic oxidation sites excluding steroid dienone is 4. The Kier molecular flexibility index (Phi) is 5.58. The quantitative estimate of drug-likeness (QED) is 0.581. The second-order valence-corrected chi connectivity index (χ2v) is 8.49. The fraction of sp³-hybridized carbons (Fsp3) is 0.391. The van der Waals surface area contributed by atoms with E-state index in [0.717, 1.165) is 53.8 Å². The van der Waals surface area contributed by atoms with Crippen molar-refractivity contribution in [3.05, 3.63) is 62.9 Å². The molecule has 29 heavy (non-hydrogen) atoms. The fourth-order valence-electron chi connectivity index (χ4n) is 4.71. The number of hydrogen-bond acceptors (Lipinski definition) is 4. The van der Waals surface area contributed by atoms with Gasteiger partial charge in [-0.15, -0.1) is 0 Å². The van der Waals surface area contributed by atoms with E-state index < -0.39 is 5.92 Å². The third-order valence-electron chi connectivity index (χ3n) is 5.94. The molecule has 4 nitrogen and oxygen atoms in total. The lowest BCUT2D eigenvalue weighted by Crippen LogP contribution is -2.37. The summed E-state index contributed by atoms with van der Waals surface area (Å²) in [6, 6.07) is 3.56. The average Bonchev–Trinajstić information content (AvgIpc) is 2.69. The van der Waals surface area contributed by atoms with E-state index in [2.05, 4.69) is 11.5 Å². The van der Waals surface area contributed by atoms with Gasteiger partial charge in [0.25, 0.3) is 0 Å². The minimum Gasteiger partial charge on any atom is -0.486 e. The van der Waals surface area contributed by atoms with Crippen LogP contribution in [0.2, 0.25) is 10.0 Å². The maximum atomic E-state index is 13.0. The van der Waals surface area contributed by atoms with Gasteiger partial charge in [0, 0.05) is 48.3 Å². The number of halogens is 2. The normalized spacial score (nSPS) is 20.0. The van der Waals surface area contributed by atoms with E-state index in [0.29, 0.717) is 28.6 Å². The topological polar surface area (TPSA) is 46.6 Å². The van der Waals surface area contributed by atoms with Crippen molar-refractivity contribution in [3.63, 3.8) is 0 Å². The molecule has 0 radical (unpaired) electrons. The third kappa shape index (κ3) is 3.43. The van der Waals surface area contributed by atoms with E-state index in [1.807, 2.05) is 7.05 Å². The maximum Gasteiger partial charge on any atom is 0.161 e. The van der Waals surface area contributed by atoms with E-state index in [1.165, 1.54) is 0 Å². The number of nitrogens with zero attached hydrogens (tertiary/aromatic N) is 1. The summed E-state index contributed by atoms with van der Waals surface area (Å²) < 4.78 is 5.58. The third-order valence-corrected chi connectivity index (χ3v) is 6.51. The van der Waals surface area contributed by atoms with Crippen LogP contribution in [0.25, 0.3) is 0 Å². The van der Waals surface area contributed by atoms with Gasteiger partial charge < -0.3 is 9.64 Å². The molecule has 0 spiro atoms. The Labute approximate surface area is 180 Å². The Morgan fingerprint density at radius 2 is 1.55 bits per heavy atom. The lowest BCUT2D eigenvalue weighted by atomic mass is 9.71. The summed E-state index contributed by atoms with van der Waals surface area (Å²) in [7, 11) is 1.98. The van der Waals surface area contributed by atoms with Crippen molar-refractivity contribution in [2.45, 2.75) is 44.4 Å². The smallest absolute Gasteiger partial charge is 0.161 e. The van der Waals surface area contributed by atoms with Gasteiger partial charge in [-0.3, -0.25) is 9.59 Å². The van der Waals surface area contributed by atoms with Crippen LogP contribution in [0.15, 0.2) is 47.3 Å². The van der Waals surface area contributed by atoms with Crippen LogP contribution in [0.4, 0.5) is 0 Å². The van der Waals surface area contributed by atoms with Gasteiger partial charge in [0.2, 0.25) is 0 Å². The zero-order valence-corrected chi connectivity index (χ0v) is 17.9. The van der Waals surface area contributed by atoms with Crippen molar-refractivity contribution in [1.82, 2.24) is 4.90 Å². The van der Waals surface area contributed by atoms with E-state index in [4.69, 9.17) is 27.9 Å². The molecule has 0 N–H and O–H groups in total. The van der Waals surface area contributed by atoms with Crippen molar-refractivity contribution in [3.8, 4) is 5.75 Å². The van der Waals surface area contributed by atoms with Gasteiger partial charge in [-0.1, -0.05) is 35.9 Å². The number of hydrogen-bond donors (Lipinski definition) is 0. The van der Waals surface area contributed by atoms with Crippen molar-refractivity contribution in [2.75, 3.05) is 13.7 Å². The van der Waals surface area contributed by atoms with E-state index in [1.54, 1.807) is 18.2 Å². The van der Waals surface area contributed by atoms with Gasteiger partial charge in [-0.25, -0.2) is 0 Å². The lowest BCUT2D eigenvalue weighted by Gasteiger charge is -2.42. The molecular formula is C23H23Cl2NO3. The Morgan fingerprint density at radius 1 is 1.03 bits per heavy atom. The number of carbonyl (C=O) groups is 2. The molecule has 1 aromatic rings. The number of rotatable bonds is 4. The van der Waals surface area contributed by atoms with Crippen LogP contribution in [0.3, 0.4) is 0 Å². The van der Waals surface area contributed by atoms with Crippen LogP contribution < -0.4 is 4.74 Å². The summed E-state index contributed by atoms with van der Waals surface area (Å²) in [4.78, 5) is 28.1. The molecular weight excluding hydrogens is 409 g/mol. The number of ether oxygens (including phenoxy) is 1. The van der Waals surface area contributed by atoms with E-state index in [9.17, 15) is 9.59 Å². The van der Waals surface area contributed by atoms with Gasteiger partial charge in [-0.2, -0.15) is 0 Å². The average molecular weight is 432 g/mol. The van der Waals surface area contributed by atoms with Crippen LogP contribution in [0, 0.1) is 0 Å². The van der Waals surface area contributed by atoms with Crippen LogP contribution in [-0.2, 0) is 9.59 Å². The number of benzene rings is 1. The van der Waals surface area contributed by atoms with Crippen LogP contribution in [0.5, 0.6) is 5.75 Å². The van der Waals surface area contributed by atoms with E-state index >= 15 is 0 Å². The molecule has 0 amide bonds. The number of Topliss-reactive ketones (excluding diaryl/α,β-unsaturated/α-hetero) is 2. The van der Waals surface area contributed by atoms with Crippen molar-refractivity contribution in [2.24, 2.45) is 0 Å². The predicted octanol–water partition coefficient (Wildman–Crippen LogP) is 5.60. The zero-order valence-electron chi connectivity index (χ0n) is 16.4. The molecule has 1 heterocycles. The molecule has 152 valence electrons. The summed E-state index contributed by atoms with van der Waals surface area (Å²) >= 11 is 13.0. The minimum absolute atomic E-state index is 0.104. The Balaban J connectivity index is 1.90. The van der Waals surface area contributed by atoms with Crippen LogP contribution in [0.1, 0.15) is 50.0 Å². The highest BCUT2D eigenvalue weighted by Gasteiger charge is 2.42. The first kappa shape index (κ1) is 20.2. The second kappa shape index (κ2) is 8.00. The number of ketones is 2. The van der Waals surface area contributed by atoms with Crippen molar-refractivity contribution < 1.29 is 14.3 Å². The minimum atomic E-state index is -0.416. The summed E-state index contributed by atoms with van der Waals surface area (Å²) in [5, 5.41) is 0.730. The Morgan fingerprint density at radius 3 is 2.03 bits per heavy atom. The summed E-state index contributed by atoms with van der Waals surface area (Å²) in [5.41, 5.74) is 4.27. The maximum absolute atomic E-state index is 13.0. The second-order valence-electron chi connectivity index (χ2n) is 7.68. The molecule has 3 aliphatic rings. The van der Waals surface area contributed by atoms with Gasteiger partial charge in [0.15, 0.2) is 17.3 Å². The highest BCUT2D eigenvalue weighted by atomic mass is 35.5. The summed E-state index contributed by atoms with van der Waals surface area (Å²) in [5.74, 6) is 0.179. The molecule has 0 bridgehead atoms. The standard InChI is InChI=1S/C23H23Cl2NO3/c1-3-10-29-23-14(24)11-13(12-15(23)25)20-21-16(6-4-8-18(21)27)26(2)17-7-5-9-19(28)22(17)20/h3,11-12,20H,1,4-10H2,2H3. The highest BCUT2D eigenvalue weighted by molar-refractivity contribution is 6.37. The number of carbonyl (C=O) groups excluding carboxylic acids is 2. The summed E-state index contributed by atoms with van der Waals surface area (Å²) in [6.07, 6.45) is 5.96.